The van der Waals surface area contributed by atoms with Crippen molar-refractivity contribution in [2.24, 2.45) is 5.73 Å². The quantitative estimate of drug-likeness (QED) is 0.181. The molecule has 246 valence electrons. The summed E-state index contributed by atoms with van der Waals surface area (Å²) in [5.41, 5.74) is -19.3. The zero-order valence-electron chi connectivity index (χ0n) is 19.5. The van der Waals surface area contributed by atoms with Gasteiger partial charge in [-0.25, -0.2) is 33.7 Å². The Kier molecular flexibility index (Phi) is 17.2. The molecule has 0 aromatic rings. The van der Waals surface area contributed by atoms with Gasteiger partial charge < -0.3 is 11.1 Å². The monoisotopic (exact) mass is 706 g/mol. The lowest BCUT2D eigenvalue weighted by Crippen LogP contribution is -2.45. The summed E-state index contributed by atoms with van der Waals surface area (Å²) in [6, 6.07) is 0. The van der Waals surface area contributed by atoms with E-state index in [-0.39, 0.29) is 0 Å². The molecule has 0 spiro atoms. The minimum Gasteiger partial charge on any atom is -0.329 e. The van der Waals surface area contributed by atoms with Crippen LogP contribution in [0.1, 0.15) is 32.6 Å². The van der Waals surface area contributed by atoms with E-state index in [4.69, 9.17) is 5.73 Å². The summed E-state index contributed by atoms with van der Waals surface area (Å²) in [7, 11) is -26.4. The average Bonchev–Trinajstić information content (AvgIpc) is 2.67. The molecule has 40 heavy (non-hydrogen) atoms. The van der Waals surface area contributed by atoms with E-state index in [1.165, 1.54) is 25.7 Å². The van der Waals surface area contributed by atoms with Gasteiger partial charge in [-0.1, -0.05) is 34.4 Å². The van der Waals surface area contributed by atoms with Crippen LogP contribution >= 0.6 is 0 Å². The second-order valence-corrected chi connectivity index (χ2v) is 13.8. The molecule has 5 N–H and O–H groups in total. The lowest BCUT2D eigenvalue weighted by atomic mass is 10.2. The van der Waals surface area contributed by atoms with Crippen LogP contribution in [0.4, 0.5) is 52.7 Å². The Hall–Kier alpha value is -1.20. The number of rotatable bonds is 11. The first kappa shape index (κ1) is 43.3. The molecular weight excluding hydrogens is 684 g/mol. The molecule has 0 aromatic heterocycles. The number of unbranched alkanes of at least 4 members (excludes halogenated alkanes) is 3. The van der Waals surface area contributed by atoms with Crippen molar-refractivity contribution in [3.63, 3.8) is 0 Å². The Morgan fingerprint density at radius 1 is 0.500 bits per heavy atom. The first-order chi connectivity index (χ1) is 17.3. The molecule has 0 unspecified atom stereocenters. The van der Waals surface area contributed by atoms with Crippen molar-refractivity contribution >= 4 is 40.1 Å². The first-order valence-electron chi connectivity index (χ1n) is 9.56. The Bertz CT molecular complexity index is 999. The highest BCUT2D eigenvalue weighted by Gasteiger charge is 2.56. The van der Waals surface area contributed by atoms with Gasteiger partial charge in [0.25, 0.3) is 0 Å². The van der Waals surface area contributed by atoms with Crippen molar-refractivity contribution < 1.29 is 86.4 Å². The highest BCUT2D eigenvalue weighted by atomic mass is 32.3. The van der Waals surface area contributed by atoms with Crippen LogP contribution in [0.25, 0.3) is 0 Å². The molecule has 0 bridgehead atoms. The van der Waals surface area contributed by atoms with Gasteiger partial charge in [0.2, 0.25) is 0 Å². The maximum absolute atomic E-state index is 11.5. The molecule has 0 saturated heterocycles. The third kappa shape index (κ3) is 16.3. The Balaban J connectivity index is -0.000000525. The van der Waals surface area contributed by atoms with Crippen LogP contribution in [0.5, 0.6) is 0 Å². The van der Waals surface area contributed by atoms with E-state index in [0.29, 0.717) is 0 Å². The minimum atomic E-state index is -6.60. The predicted octanol–water partition coefficient (Wildman–Crippen LogP) is 1.67. The van der Waals surface area contributed by atoms with Crippen molar-refractivity contribution in [1.29, 1.82) is 0 Å². The fourth-order valence-corrected chi connectivity index (χ4v) is 5.20. The summed E-state index contributed by atoms with van der Waals surface area (Å²) in [5, 5.41) is 3.27. The molecule has 12 nitrogen and oxygen atoms in total. The zero-order chi connectivity index (χ0) is 33.1. The smallest absolute Gasteiger partial charge is 0.329 e. The van der Waals surface area contributed by atoms with Gasteiger partial charge >= 0.3 is 62.1 Å². The maximum Gasteiger partial charge on any atom is 0.512 e. The number of nitrogens with one attached hydrogen (secondary N) is 3. The van der Waals surface area contributed by atoms with Gasteiger partial charge in [-0.3, -0.25) is 0 Å². The maximum atomic E-state index is 11.5. The molecule has 0 heterocycles. The lowest BCUT2D eigenvalue weighted by molar-refractivity contribution is -0.0487. The molecule has 0 saturated carbocycles. The summed E-state index contributed by atoms with van der Waals surface area (Å²) in [5.74, 6) is 0. The molecule has 0 aromatic carbocycles. The van der Waals surface area contributed by atoms with E-state index >= 15 is 0 Å². The molecule has 0 aliphatic rings. The van der Waals surface area contributed by atoms with Crippen LogP contribution < -0.4 is 19.3 Å². The molecule has 0 fully saturated rings. The fourth-order valence-electron chi connectivity index (χ4n) is 1.38. The molecule has 0 rings (SSSR count). The summed E-state index contributed by atoms with van der Waals surface area (Å²) >= 11 is 0. The van der Waals surface area contributed by atoms with E-state index in [2.05, 4.69) is 12.2 Å². The van der Waals surface area contributed by atoms with Gasteiger partial charge in [-0.15, -0.1) is 0 Å². The van der Waals surface area contributed by atoms with Crippen molar-refractivity contribution in [2.75, 3.05) is 19.6 Å². The van der Waals surface area contributed by atoms with Gasteiger partial charge in [0.15, 0.2) is 0 Å². The number of sulfonamides is 4. The Labute approximate surface area is 220 Å². The van der Waals surface area contributed by atoms with E-state index in [0.717, 1.165) is 19.6 Å². The molecule has 0 atom stereocenters. The molecular formula is C12H22F12N4O8S4. The summed E-state index contributed by atoms with van der Waals surface area (Å²) in [6.07, 6.45) is 5.34. The van der Waals surface area contributed by atoms with Crippen LogP contribution in [0.15, 0.2) is 0 Å². The zero-order valence-corrected chi connectivity index (χ0v) is 22.7. The van der Waals surface area contributed by atoms with E-state index in [1.807, 2.05) is 0 Å². The SMILES string of the molecule is CCCCCCNCCN.O=S(=O)(NS(=O)(=O)C(F)(F)F)C(F)(F)F.O=S(=O)(NS(=O)(=O)C(F)(F)F)C(F)(F)F. The second kappa shape index (κ2) is 15.9. The number of hydrogen-bond donors (Lipinski definition) is 4. The number of alkyl halides is 12. The average molecular weight is 707 g/mol. The Morgan fingerprint density at radius 2 is 0.775 bits per heavy atom. The van der Waals surface area contributed by atoms with Crippen molar-refractivity contribution in [3.8, 4) is 0 Å². The topological polar surface area (TPSA) is 199 Å². The number of halogens is 12. The summed E-state index contributed by atoms with van der Waals surface area (Å²) in [6.45, 7) is 5.09. The molecule has 0 amide bonds. The van der Waals surface area contributed by atoms with Crippen LogP contribution in [-0.2, 0) is 40.1 Å². The highest BCUT2D eigenvalue weighted by Crippen LogP contribution is 2.28. The van der Waals surface area contributed by atoms with Crippen LogP contribution in [-0.4, -0.2) is 75.3 Å². The van der Waals surface area contributed by atoms with E-state index < -0.39 is 70.4 Å². The van der Waals surface area contributed by atoms with Crippen molar-refractivity contribution in [1.82, 2.24) is 13.6 Å². The van der Waals surface area contributed by atoms with Gasteiger partial charge in [0, 0.05) is 13.1 Å². The number of nitrogens with two attached hydrogens (primary N) is 1. The van der Waals surface area contributed by atoms with Crippen LogP contribution in [0, 0.1) is 0 Å². The summed E-state index contributed by atoms with van der Waals surface area (Å²) in [4.78, 5) is 0. The Morgan fingerprint density at radius 3 is 0.975 bits per heavy atom. The summed E-state index contributed by atoms with van der Waals surface area (Å²) < 4.78 is 217. The van der Waals surface area contributed by atoms with E-state index in [9.17, 15) is 86.4 Å². The van der Waals surface area contributed by atoms with Crippen LogP contribution in [0.2, 0.25) is 0 Å². The molecule has 0 radical (unpaired) electrons. The largest absolute Gasteiger partial charge is 0.512 e. The third-order valence-electron chi connectivity index (χ3n) is 3.19. The number of hydrogen-bond acceptors (Lipinski definition) is 10. The fraction of sp³-hybridized carbons (Fsp3) is 1.00. The lowest BCUT2D eigenvalue weighted by Gasteiger charge is -2.11. The highest BCUT2D eigenvalue weighted by molar-refractivity contribution is 8.06. The minimum absolute atomic E-state index is 0.493. The van der Waals surface area contributed by atoms with Gasteiger partial charge in [-0.2, -0.15) is 52.7 Å². The van der Waals surface area contributed by atoms with E-state index in [1.54, 1.807) is 0 Å². The van der Waals surface area contributed by atoms with Gasteiger partial charge in [0.1, 0.15) is 0 Å². The second-order valence-electron chi connectivity index (χ2n) is 6.56. The van der Waals surface area contributed by atoms with Crippen LogP contribution in [0.3, 0.4) is 0 Å². The first-order valence-corrected chi connectivity index (χ1v) is 15.5. The van der Waals surface area contributed by atoms with Gasteiger partial charge in [0.05, 0.1) is 0 Å². The van der Waals surface area contributed by atoms with Crippen molar-refractivity contribution in [2.45, 2.75) is 54.6 Å². The van der Waals surface area contributed by atoms with Crippen molar-refractivity contribution in [3.05, 3.63) is 0 Å². The molecule has 28 heteroatoms. The molecule has 0 aliphatic heterocycles. The third-order valence-corrected chi connectivity index (χ3v) is 9.13. The standard InChI is InChI=1S/C8H20N2.2C2HF6NO4S2/c1-2-3-4-5-7-10-8-6-9;2*3-1(4,5)14(10,11)9-15(12,13)2(6,7)8/h10H,2-9H2,1H3;2*9H. The van der Waals surface area contributed by atoms with Gasteiger partial charge in [-0.05, 0) is 13.0 Å². The normalized spacial score (nSPS) is 14.1. The molecule has 0 aliphatic carbocycles. The predicted molar refractivity (Wildman–Crippen MR) is 112 cm³/mol.